The summed E-state index contributed by atoms with van der Waals surface area (Å²) in [5.74, 6) is 0.827. The minimum absolute atomic E-state index is 0. The molecule has 178 valence electrons. The number of halogens is 1. The Morgan fingerprint density at radius 1 is 1.13 bits per heavy atom. The predicted molar refractivity (Wildman–Crippen MR) is 140 cm³/mol. The first kappa shape index (κ1) is 27.9. The number of hydrogen-bond acceptors (Lipinski definition) is 5. The molecule has 1 heterocycles. The normalized spacial score (nSPS) is 19.9. The van der Waals surface area contributed by atoms with Gasteiger partial charge in [0.15, 0.2) is 5.96 Å². The highest BCUT2D eigenvalue weighted by Gasteiger charge is 2.25. The third kappa shape index (κ3) is 10.4. The lowest BCUT2D eigenvalue weighted by atomic mass is 9.91. The number of carbonyl (C=O) groups excluding carboxylic acids is 1. The number of nitrogens with zero attached hydrogens (tertiary/aromatic N) is 2. The van der Waals surface area contributed by atoms with E-state index in [-0.39, 0.29) is 41.5 Å². The number of ether oxygens (including phenoxy) is 1. The van der Waals surface area contributed by atoms with Gasteiger partial charge in [-0.25, -0.2) is 14.8 Å². The van der Waals surface area contributed by atoms with Crippen LogP contribution in [0.25, 0.3) is 0 Å². The molecule has 1 aromatic rings. The third-order valence-electron chi connectivity index (χ3n) is 4.83. The van der Waals surface area contributed by atoms with Crippen LogP contribution in [0, 0.1) is 0 Å². The molecule has 1 amide bonds. The molecule has 0 radical (unpaired) electrons. The summed E-state index contributed by atoms with van der Waals surface area (Å²) in [5, 5.41) is 13.0. The van der Waals surface area contributed by atoms with Crippen molar-refractivity contribution in [3.8, 4) is 0 Å². The topological polar surface area (TPSA) is 87.6 Å². The van der Waals surface area contributed by atoms with Crippen molar-refractivity contribution in [1.29, 1.82) is 0 Å². The lowest BCUT2D eigenvalue weighted by molar-refractivity contribution is 0.0490. The van der Waals surface area contributed by atoms with E-state index < -0.39 is 5.60 Å². The molecule has 0 bridgehead atoms. The van der Waals surface area contributed by atoms with Crippen LogP contribution < -0.4 is 16.0 Å². The smallest absolute Gasteiger partial charge is 0.407 e. The number of aromatic nitrogens is 1. The number of guanidine groups is 1. The molecule has 0 spiro atoms. The number of carbonyl (C=O) groups is 1. The Bertz CT molecular complexity index is 716. The SMILES string of the molecule is CCNC(=NCc1nc(C(C)(C)C)cs1)NC1CCC(NC(=O)OC(C)(C)C)CC1.I. The fraction of sp³-hybridized carbons (Fsp3) is 0.773. The summed E-state index contributed by atoms with van der Waals surface area (Å²) in [6, 6.07) is 0.518. The first-order chi connectivity index (χ1) is 14.0. The van der Waals surface area contributed by atoms with Gasteiger partial charge in [-0.1, -0.05) is 20.8 Å². The van der Waals surface area contributed by atoms with E-state index in [0.717, 1.165) is 48.9 Å². The zero-order valence-corrected chi connectivity index (χ0v) is 23.1. The maximum atomic E-state index is 12.0. The number of thiazole rings is 1. The maximum Gasteiger partial charge on any atom is 0.407 e. The van der Waals surface area contributed by atoms with Gasteiger partial charge in [-0.15, -0.1) is 35.3 Å². The molecule has 0 aromatic carbocycles. The van der Waals surface area contributed by atoms with Gasteiger partial charge < -0.3 is 20.7 Å². The van der Waals surface area contributed by atoms with E-state index in [2.05, 4.69) is 49.0 Å². The molecule has 0 aliphatic heterocycles. The van der Waals surface area contributed by atoms with Gasteiger partial charge >= 0.3 is 6.09 Å². The van der Waals surface area contributed by atoms with Crippen molar-refractivity contribution in [2.45, 2.75) is 104 Å². The Kier molecular flexibility index (Phi) is 11.0. The van der Waals surface area contributed by atoms with Crippen LogP contribution >= 0.6 is 35.3 Å². The number of nitrogens with one attached hydrogen (secondary N) is 3. The van der Waals surface area contributed by atoms with E-state index in [4.69, 9.17) is 14.7 Å². The largest absolute Gasteiger partial charge is 0.444 e. The van der Waals surface area contributed by atoms with Crippen molar-refractivity contribution < 1.29 is 9.53 Å². The van der Waals surface area contributed by atoms with Crippen LogP contribution in [0.4, 0.5) is 4.79 Å². The summed E-state index contributed by atoms with van der Waals surface area (Å²) in [5.41, 5.74) is 0.713. The van der Waals surface area contributed by atoms with Crippen LogP contribution in [0.3, 0.4) is 0 Å². The summed E-state index contributed by atoms with van der Waals surface area (Å²) in [6.45, 7) is 15.6. The van der Waals surface area contributed by atoms with E-state index in [1.54, 1.807) is 11.3 Å². The summed E-state index contributed by atoms with van der Waals surface area (Å²) in [4.78, 5) is 21.4. The highest BCUT2D eigenvalue weighted by atomic mass is 127. The van der Waals surface area contributed by atoms with Crippen molar-refractivity contribution in [1.82, 2.24) is 20.9 Å². The van der Waals surface area contributed by atoms with Crippen LogP contribution in [0.1, 0.15) is 84.9 Å². The number of aliphatic imine (C=N–C) groups is 1. The van der Waals surface area contributed by atoms with Crippen molar-refractivity contribution in [3.05, 3.63) is 16.1 Å². The Balaban J connectivity index is 0.00000480. The lowest BCUT2D eigenvalue weighted by Crippen LogP contribution is -2.48. The molecule has 0 unspecified atom stereocenters. The molecule has 9 heteroatoms. The molecule has 1 aromatic heterocycles. The number of rotatable bonds is 5. The van der Waals surface area contributed by atoms with Crippen LogP contribution in [-0.4, -0.2) is 41.3 Å². The maximum absolute atomic E-state index is 12.0. The second-order valence-corrected chi connectivity index (χ2v) is 10.9. The molecule has 0 atom stereocenters. The fourth-order valence-corrected chi connectivity index (χ4v) is 4.19. The van der Waals surface area contributed by atoms with Crippen molar-refractivity contribution >= 4 is 47.4 Å². The highest BCUT2D eigenvalue weighted by molar-refractivity contribution is 14.0. The Labute approximate surface area is 208 Å². The van der Waals surface area contributed by atoms with E-state index in [1.807, 2.05) is 20.8 Å². The van der Waals surface area contributed by atoms with E-state index >= 15 is 0 Å². The van der Waals surface area contributed by atoms with Gasteiger partial charge in [-0.3, -0.25) is 0 Å². The van der Waals surface area contributed by atoms with E-state index in [0.29, 0.717) is 12.6 Å². The zero-order valence-electron chi connectivity index (χ0n) is 20.0. The quantitative estimate of drug-likeness (QED) is 0.267. The molecule has 31 heavy (non-hydrogen) atoms. The van der Waals surface area contributed by atoms with E-state index in [1.165, 1.54) is 0 Å². The first-order valence-corrected chi connectivity index (χ1v) is 11.8. The van der Waals surface area contributed by atoms with Crippen LogP contribution in [0.2, 0.25) is 0 Å². The highest BCUT2D eigenvalue weighted by Crippen LogP contribution is 2.24. The van der Waals surface area contributed by atoms with E-state index in [9.17, 15) is 4.79 Å². The van der Waals surface area contributed by atoms with Gasteiger partial charge in [0.25, 0.3) is 0 Å². The number of hydrogen-bond donors (Lipinski definition) is 3. The second-order valence-electron chi connectivity index (χ2n) is 9.91. The zero-order chi connectivity index (χ0) is 22.4. The average molecular weight is 566 g/mol. The molecule has 0 saturated heterocycles. The molecular formula is C22H40IN5O2S. The summed E-state index contributed by atoms with van der Waals surface area (Å²) in [7, 11) is 0. The standard InChI is InChI=1S/C22H39N5O2S.HI/c1-8-23-19(24-13-18-27-17(14-30-18)21(2,3)4)25-15-9-11-16(12-10-15)26-20(28)29-22(5,6)7;/h14-16H,8-13H2,1-7H3,(H,26,28)(H2,23,24,25);1H. The molecule has 2 rings (SSSR count). The van der Waals surface area contributed by atoms with Gasteiger partial charge in [0, 0.05) is 29.4 Å². The molecular weight excluding hydrogens is 525 g/mol. The van der Waals surface area contributed by atoms with Gasteiger partial charge in [-0.2, -0.15) is 0 Å². The summed E-state index contributed by atoms with van der Waals surface area (Å²) in [6.07, 6.45) is 3.49. The second kappa shape index (κ2) is 12.2. The minimum atomic E-state index is -0.467. The first-order valence-electron chi connectivity index (χ1n) is 11.0. The summed E-state index contributed by atoms with van der Waals surface area (Å²) >= 11 is 1.67. The van der Waals surface area contributed by atoms with Gasteiger partial charge in [-0.05, 0) is 53.4 Å². The third-order valence-corrected chi connectivity index (χ3v) is 5.66. The van der Waals surface area contributed by atoms with Crippen molar-refractivity contribution in [2.75, 3.05) is 6.54 Å². The lowest BCUT2D eigenvalue weighted by Gasteiger charge is -2.31. The van der Waals surface area contributed by atoms with Crippen LogP contribution in [-0.2, 0) is 16.7 Å². The van der Waals surface area contributed by atoms with Crippen molar-refractivity contribution in [2.24, 2.45) is 4.99 Å². The molecule has 3 N–H and O–H groups in total. The number of alkyl carbamates (subject to hydrolysis) is 1. The fourth-order valence-electron chi connectivity index (χ4n) is 3.24. The molecule has 1 saturated carbocycles. The van der Waals surface area contributed by atoms with Crippen LogP contribution in [0.15, 0.2) is 10.4 Å². The van der Waals surface area contributed by atoms with Gasteiger partial charge in [0.2, 0.25) is 0 Å². The van der Waals surface area contributed by atoms with Gasteiger partial charge in [0.1, 0.15) is 10.6 Å². The monoisotopic (exact) mass is 565 g/mol. The Morgan fingerprint density at radius 2 is 1.71 bits per heavy atom. The minimum Gasteiger partial charge on any atom is -0.444 e. The average Bonchev–Trinajstić information content (AvgIpc) is 3.09. The van der Waals surface area contributed by atoms with Crippen molar-refractivity contribution in [3.63, 3.8) is 0 Å². The Hall–Kier alpha value is -1.10. The number of amides is 1. The van der Waals surface area contributed by atoms with Gasteiger partial charge in [0.05, 0.1) is 12.2 Å². The molecule has 1 aliphatic carbocycles. The van der Waals surface area contributed by atoms with Crippen LogP contribution in [0.5, 0.6) is 0 Å². The molecule has 1 fully saturated rings. The molecule has 7 nitrogen and oxygen atoms in total. The predicted octanol–water partition coefficient (Wildman–Crippen LogP) is 4.95. The summed E-state index contributed by atoms with van der Waals surface area (Å²) < 4.78 is 5.36. The molecule has 1 aliphatic rings. The Morgan fingerprint density at radius 3 is 2.19 bits per heavy atom.